The molecular formula is C13H8BrFO2. The van der Waals surface area contributed by atoms with Gasteiger partial charge in [-0.25, -0.2) is 9.18 Å². The molecule has 0 aliphatic heterocycles. The van der Waals surface area contributed by atoms with Crippen LogP contribution in [0, 0.1) is 5.82 Å². The first-order valence-electron chi connectivity index (χ1n) is 4.88. The summed E-state index contributed by atoms with van der Waals surface area (Å²) in [5, 5.41) is 8.87. The molecular weight excluding hydrogens is 287 g/mol. The van der Waals surface area contributed by atoms with Gasteiger partial charge in [0, 0.05) is 10.0 Å². The number of carbonyl (C=O) groups is 1. The third kappa shape index (κ3) is 2.22. The fourth-order valence-corrected chi connectivity index (χ4v) is 2.12. The summed E-state index contributed by atoms with van der Waals surface area (Å²) in [6, 6.07) is 11.6. The van der Waals surface area contributed by atoms with Crippen LogP contribution < -0.4 is 0 Å². The molecule has 0 bridgehead atoms. The van der Waals surface area contributed by atoms with Gasteiger partial charge < -0.3 is 5.11 Å². The van der Waals surface area contributed by atoms with Gasteiger partial charge in [0.1, 0.15) is 5.82 Å². The third-order valence-corrected chi connectivity index (χ3v) is 3.04. The largest absolute Gasteiger partial charge is 0.478 e. The van der Waals surface area contributed by atoms with E-state index in [4.69, 9.17) is 5.11 Å². The predicted molar refractivity (Wildman–Crippen MR) is 66.5 cm³/mol. The van der Waals surface area contributed by atoms with Gasteiger partial charge >= 0.3 is 5.97 Å². The lowest BCUT2D eigenvalue weighted by atomic mass is 10.0. The molecule has 0 aromatic heterocycles. The molecule has 0 saturated carbocycles. The lowest BCUT2D eigenvalue weighted by Crippen LogP contribution is -2.02. The number of hydrogen-bond acceptors (Lipinski definition) is 1. The number of halogens is 2. The molecule has 0 aliphatic rings. The number of hydrogen-bond donors (Lipinski definition) is 1. The van der Waals surface area contributed by atoms with E-state index in [1.54, 1.807) is 24.3 Å². The van der Waals surface area contributed by atoms with Crippen molar-refractivity contribution in [3.8, 4) is 11.1 Å². The minimum absolute atomic E-state index is 0.269. The minimum Gasteiger partial charge on any atom is -0.478 e. The van der Waals surface area contributed by atoms with Crippen molar-refractivity contribution in [3.63, 3.8) is 0 Å². The minimum atomic E-state index is -1.27. The van der Waals surface area contributed by atoms with Crippen LogP contribution in [-0.2, 0) is 0 Å². The summed E-state index contributed by atoms with van der Waals surface area (Å²) in [4.78, 5) is 10.9. The summed E-state index contributed by atoms with van der Waals surface area (Å²) in [7, 11) is 0. The molecule has 4 heteroatoms. The highest BCUT2D eigenvalue weighted by Crippen LogP contribution is 2.32. The zero-order chi connectivity index (χ0) is 12.4. The fourth-order valence-electron chi connectivity index (χ4n) is 1.59. The Kier molecular flexibility index (Phi) is 3.24. The standard InChI is InChI=1S/C13H8BrFO2/c14-10-7-6-9(13(16)17)12(15)11(10)8-4-2-1-3-5-8/h1-7H,(H,16,17). The van der Waals surface area contributed by atoms with E-state index in [2.05, 4.69) is 15.9 Å². The average Bonchev–Trinajstić information content (AvgIpc) is 2.30. The first kappa shape index (κ1) is 11.8. The van der Waals surface area contributed by atoms with Crippen molar-refractivity contribution < 1.29 is 14.3 Å². The second kappa shape index (κ2) is 4.67. The van der Waals surface area contributed by atoms with Crippen molar-refractivity contribution in [2.75, 3.05) is 0 Å². The lowest BCUT2D eigenvalue weighted by molar-refractivity contribution is 0.0692. The Labute approximate surface area is 106 Å². The molecule has 0 saturated heterocycles. The maximum absolute atomic E-state index is 14.1. The van der Waals surface area contributed by atoms with Crippen molar-refractivity contribution in [1.82, 2.24) is 0 Å². The molecule has 0 aliphatic carbocycles. The first-order valence-corrected chi connectivity index (χ1v) is 5.67. The van der Waals surface area contributed by atoms with E-state index in [1.807, 2.05) is 6.07 Å². The van der Waals surface area contributed by atoms with E-state index in [1.165, 1.54) is 12.1 Å². The number of benzene rings is 2. The number of rotatable bonds is 2. The molecule has 0 fully saturated rings. The summed E-state index contributed by atoms with van der Waals surface area (Å²) in [6.07, 6.45) is 0. The van der Waals surface area contributed by atoms with Crippen molar-refractivity contribution in [2.24, 2.45) is 0 Å². The van der Waals surface area contributed by atoms with Gasteiger partial charge in [-0.3, -0.25) is 0 Å². The van der Waals surface area contributed by atoms with Crippen LogP contribution in [0.25, 0.3) is 11.1 Å². The van der Waals surface area contributed by atoms with Crippen molar-refractivity contribution in [2.45, 2.75) is 0 Å². The third-order valence-electron chi connectivity index (χ3n) is 2.38. The van der Waals surface area contributed by atoms with E-state index < -0.39 is 11.8 Å². The Hall–Kier alpha value is -1.68. The molecule has 0 radical (unpaired) electrons. The summed E-state index contributed by atoms with van der Waals surface area (Å²) >= 11 is 3.23. The van der Waals surface area contributed by atoms with E-state index in [0.717, 1.165) is 0 Å². The molecule has 2 nitrogen and oxygen atoms in total. The van der Waals surface area contributed by atoms with Crippen LogP contribution in [0.4, 0.5) is 4.39 Å². The Morgan fingerprint density at radius 3 is 2.35 bits per heavy atom. The quantitative estimate of drug-likeness (QED) is 0.910. The van der Waals surface area contributed by atoms with Gasteiger partial charge in [0.25, 0.3) is 0 Å². The van der Waals surface area contributed by atoms with Crippen LogP contribution in [0.5, 0.6) is 0 Å². The topological polar surface area (TPSA) is 37.3 Å². The number of carboxylic acid groups (broad SMARTS) is 1. The van der Waals surface area contributed by atoms with E-state index >= 15 is 0 Å². The van der Waals surface area contributed by atoms with Crippen LogP contribution in [0.2, 0.25) is 0 Å². The zero-order valence-electron chi connectivity index (χ0n) is 8.65. The van der Waals surface area contributed by atoms with E-state index in [9.17, 15) is 9.18 Å². The first-order chi connectivity index (χ1) is 8.11. The molecule has 0 heterocycles. The van der Waals surface area contributed by atoms with Crippen LogP contribution in [0.15, 0.2) is 46.9 Å². The Bertz CT molecular complexity index is 567. The van der Waals surface area contributed by atoms with Gasteiger partial charge in [-0.1, -0.05) is 46.3 Å². The second-order valence-electron chi connectivity index (χ2n) is 3.46. The SMILES string of the molecule is O=C(O)c1ccc(Br)c(-c2ccccc2)c1F. The van der Waals surface area contributed by atoms with Crippen LogP contribution >= 0.6 is 15.9 Å². The average molecular weight is 295 g/mol. The Morgan fingerprint density at radius 1 is 1.12 bits per heavy atom. The molecule has 1 N–H and O–H groups in total. The normalized spacial score (nSPS) is 10.2. The predicted octanol–water partition coefficient (Wildman–Crippen LogP) is 3.95. The molecule has 0 amide bonds. The van der Waals surface area contributed by atoms with E-state index in [-0.39, 0.29) is 11.1 Å². The van der Waals surface area contributed by atoms with Gasteiger partial charge in [-0.05, 0) is 17.7 Å². The highest BCUT2D eigenvalue weighted by atomic mass is 79.9. The summed E-state index contributed by atoms with van der Waals surface area (Å²) < 4.78 is 14.6. The molecule has 0 spiro atoms. The van der Waals surface area contributed by atoms with Gasteiger partial charge in [-0.15, -0.1) is 0 Å². The molecule has 0 atom stereocenters. The molecule has 86 valence electrons. The van der Waals surface area contributed by atoms with E-state index in [0.29, 0.717) is 10.0 Å². The fraction of sp³-hybridized carbons (Fsp3) is 0. The van der Waals surface area contributed by atoms with Gasteiger partial charge in [0.15, 0.2) is 0 Å². The summed E-state index contributed by atoms with van der Waals surface area (Å²) in [5.41, 5.74) is 0.581. The maximum atomic E-state index is 14.1. The van der Waals surface area contributed by atoms with Gasteiger partial charge in [0.05, 0.1) is 5.56 Å². The van der Waals surface area contributed by atoms with Crippen molar-refractivity contribution in [3.05, 3.63) is 58.3 Å². The second-order valence-corrected chi connectivity index (χ2v) is 4.31. The highest BCUT2D eigenvalue weighted by Gasteiger charge is 2.17. The number of carboxylic acids is 1. The van der Waals surface area contributed by atoms with Gasteiger partial charge in [-0.2, -0.15) is 0 Å². The lowest BCUT2D eigenvalue weighted by Gasteiger charge is -2.08. The molecule has 2 aromatic rings. The molecule has 2 rings (SSSR count). The summed E-state index contributed by atoms with van der Waals surface area (Å²) in [5.74, 6) is -2.00. The maximum Gasteiger partial charge on any atom is 0.338 e. The van der Waals surface area contributed by atoms with Crippen molar-refractivity contribution in [1.29, 1.82) is 0 Å². The van der Waals surface area contributed by atoms with Gasteiger partial charge in [0.2, 0.25) is 0 Å². The Balaban J connectivity index is 2.69. The van der Waals surface area contributed by atoms with Crippen LogP contribution in [0.1, 0.15) is 10.4 Å². The summed E-state index contributed by atoms with van der Waals surface area (Å²) in [6.45, 7) is 0. The Morgan fingerprint density at radius 2 is 1.76 bits per heavy atom. The molecule has 17 heavy (non-hydrogen) atoms. The van der Waals surface area contributed by atoms with Crippen LogP contribution in [0.3, 0.4) is 0 Å². The smallest absolute Gasteiger partial charge is 0.338 e. The molecule has 0 unspecified atom stereocenters. The van der Waals surface area contributed by atoms with Crippen molar-refractivity contribution >= 4 is 21.9 Å². The molecule has 2 aromatic carbocycles. The van der Waals surface area contributed by atoms with Crippen LogP contribution in [-0.4, -0.2) is 11.1 Å². The monoisotopic (exact) mass is 294 g/mol. The number of aromatic carboxylic acids is 1. The zero-order valence-corrected chi connectivity index (χ0v) is 10.2. The highest BCUT2D eigenvalue weighted by molar-refractivity contribution is 9.10.